The summed E-state index contributed by atoms with van der Waals surface area (Å²) in [5.41, 5.74) is 2.11. The van der Waals surface area contributed by atoms with Crippen molar-refractivity contribution in [1.82, 2.24) is 20.1 Å². The zero-order valence-corrected chi connectivity index (χ0v) is 14.4. The van der Waals surface area contributed by atoms with E-state index in [0.717, 1.165) is 11.3 Å². The number of hydrogen-bond donors (Lipinski definition) is 1. The van der Waals surface area contributed by atoms with Crippen LogP contribution in [-0.4, -0.2) is 39.9 Å². The second-order valence-corrected chi connectivity index (χ2v) is 5.97. The van der Waals surface area contributed by atoms with E-state index in [4.69, 9.17) is 4.74 Å². The highest BCUT2D eigenvalue weighted by molar-refractivity contribution is 5.94. The molecule has 4 rings (SSSR count). The van der Waals surface area contributed by atoms with Gasteiger partial charge in [0.05, 0.1) is 12.1 Å². The van der Waals surface area contributed by atoms with Crippen molar-refractivity contribution in [2.24, 2.45) is 0 Å². The van der Waals surface area contributed by atoms with Crippen molar-refractivity contribution in [3.8, 4) is 5.82 Å². The predicted molar refractivity (Wildman–Crippen MR) is 97.7 cm³/mol. The molecule has 1 aromatic carbocycles. The van der Waals surface area contributed by atoms with Crippen molar-refractivity contribution in [3.05, 3.63) is 72.2 Å². The standard InChI is InChI=1S/C19H17N5O3/c25-18(15-5-6-17(20-13-15)24-8-2-7-22-24)21-12-14-3-1-4-16(11-14)23-9-10-27-19(23)26/h1-8,11,13H,9-10,12H2,(H,21,25). The van der Waals surface area contributed by atoms with Crippen LogP contribution in [0.25, 0.3) is 5.82 Å². The smallest absolute Gasteiger partial charge is 0.414 e. The number of cyclic esters (lactones) is 1. The van der Waals surface area contributed by atoms with Crippen LogP contribution in [0.15, 0.2) is 61.1 Å². The van der Waals surface area contributed by atoms with Gasteiger partial charge in [0, 0.05) is 30.8 Å². The molecule has 3 heterocycles. The molecule has 0 spiro atoms. The molecular weight excluding hydrogens is 346 g/mol. The molecule has 1 aliphatic heterocycles. The van der Waals surface area contributed by atoms with Gasteiger partial charge in [-0.15, -0.1) is 0 Å². The molecule has 2 amide bonds. The number of aromatic nitrogens is 3. The number of rotatable bonds is 5. The van der Waals surface area contributed by atoms with Gasteiger partial charge in [-0.2, -0.15) is 5.10 Å². The highest BCUT2D eigenvalue weighted by Crippen LogP contribution is 2.20. The highest BCUT2D eigenvalue weighted by Gasteiger charge is 2.23. The summed E-state index contributed by atoms with van der Waals surface area (Å²) in [5, 5.41) is 6.96. The SMILES string of the molecule is O=C(NCc1cccc(N2CCOC2=O)c1)c1ccc(-n2cccn2)nc1. The minimum atomic E-state index is -0.348. The number of hydrogen-bond acceptors (Lipinski definition) is 5. The third-order valence-corrected chi connectivity index (χ3v) is 4.19. The van der Waals surface area contributed by atoms with Crippen LogP contribution >= 0.6 is 0 Å². The summed E-state index contributed by atoms with van der Waals surface area (Å²) in [6.45, 7) is 1.26. The topological polar surface area (TPSA) is 89.4 Å². The van der Waals surface area contributed by atoms with Gasteiger partial charge in [0.1, 0.15) is 6.61 Å². The quantitative estimate of drug-likeness (QED) is 0.750. The maximum absolute atomic E-state index is 12.4. The van der Waals surface area contributed by atoms with Crippen molar-refractivity contribution in [1.29, 1.82) is 0 Å². The Labute approximate surface area is 155 Å². The predicted octanol–water partition coefficient (Wildman–Crippen LogP) is 2.15. The lowest BCUT2D eigenvalue weighted by Crippen LogP contribution is -2.25. The second-order valence-electron chi connectivity index (χ2n) is 5.97. The maximum atomic E-state index is 12.4. The van der Waals surface area contributed by atoms with E-state index >= 15 is 0 Å². The van der Waals surface area contributed by atoms with Gasteiger partial charge in [-0.1, -0.05) is 12.1 Å². The van der Waals surface area contributed by atoms with Gasteiger partial charge in [-0.05, 0) is 35.9 Å². The number of pyridine rings is 1. The molecule has 0 aliphatic carbocycles. The summed E-state index contributed by atoms with van der Waals surface area (Å²) in [4.78, 5) is 29.8. The van der Waals surface area contributed by atoms with Gasteiger partial charge in [-0.3, -0.25) is 9.69 Å². The Morgan fingerprint density at radius 2 is 2.15 bits per heavy atom. The molecule has 136 valence electrons. The monoisotopic (exact) mass is 363 g/mol. The lowest BCUT2D eigenvalue weighted by Gasteiger charge is -2.14. The van der Waals surface area contributed by atoms with Crippen LogP contribution in [0.4, 0.5) is 10.5 Å². The zero-order chi connectivity index (χ0) is 18.6. The van der Waals surface area contributed by atoms with Crippen molar-refractivity contribution in [3.63, 3.8) is 0 Å². The first-order valence-electron chi connectivity index (χ1n) is 8.48. The maximum Gasteiger partial charge on any atom is 0.414 e. The largest absolute Gasteiger partial charge is 0.447 e. The van der Waals surface area contributed by atoms with E-state index in [1.54, 1.807) is 40.2 Å². The molecular formula is C19H17N5O3. The average Bonchev–Trinajstić information content (AvgIpc) is 3.38. The zero-order valence-electron chi connectivity index (χ0n) is 14.4. The first-order chi connectivity index (χ1) is 13.2. The number of ether oxygens (including phenoxy) is 1. The first kappa shape index (κ1) is 16.8. The van der Waals surface area contributed by atoms with Gasteiger partial charge in [-0.25, -0.2) is 14.5 Å². The van der Waals surface area contributed by atoms with Gasteiger partial charge >= 0.3 is 6.09 Å². The van der Waals surface area contributed by atoms with Crippen molar-refractivity contribution < 1.29 is 14.3 Å². The van der Waals surface area contributed by atoms with E-state index in [1.807, 2.05) is 24.3 Å². The minimum absolute atomic E-state index is 0.222. The number of nitrogens with one attached hydrogen (secondary N) is 1. The molecule has 0 radical (unpaired) electrons. The molecule has 2 aromatic heterocycles. The van der Waals surface area contributed by atoms with Crippen LogP contribution in [0.5, 0.6) is 0 Å². The van der Waals surface area contributed by atoms with Crippen LogP contribution in [0.3, 0.4) is 0 Å². The molecule has 0 unspecified atom stereocenters. The number of anilines is 1. The number of nitrogens with zero attached hydrogens (tertiary/aromatic N) is 4. The number of benzene rings is 1. The third kappa shape index (κ3) is 3.64. The van der Waals surface area contributed by atoms with Crippen LogP contribution < -0.4 is 10.2 Å². The molecule has 0 bridgehead atoms. The summed E-state index contributed by atoms with van der Waals surface area (Å²) in [5.74, 6) is 0.419. The minimum Gasteiger partial charge on any atom is -0.447 e. The van der Waals surface area contributed by atoms with Crippen LogP contribution in [-0.2, 0) is 11.3 Å². The molecule has 1 saturated heterocycles. The van der Waals surface area contributed by atoms with E-state index in [2.05, 4.69) is 15.4 Å². The van der Waals surface area contributed by atoms with Gasteiger partial charge < -0.3 is 10.1 Å². The van der Waals surface area contributed by atoms with Crippen LogP contribution in [0, 0.1) is 0 Å². The van der Waals surface area contributed by atoms with Crippen LogP contribution in [0.1, 0.15) is 15.9 Å². The third-order valence-electron chi connectivity index (χ3n) is 4.19. The molecule has 1 aliphatic rings. The number of carbonyl (C=O) groups is 2. The Balaban J connectivity index is 1.40. The molecule has 27 heavy (non-hydrogen) atoms. The van der Waals surface area contributed by atoms with Crippen molar-refractivity contribution >= 4 is 17.7 Å². The first-order valence-corrected chi connectivity index (χ1v) is 8.48. The van der Waals surface area contributed by atoms with Gasteiger partial charge in [0.15, 0.2) is 5.82 Å². The molecule has 1 fully saturated rings. The number of carbonyl (C=O) groups excluding carboxylic acids is 2. The second kappa shape index (κ2) is 7.28. The van der Waals surface area contributed by atoms with E-state index in [9.17, 15) is 9.59 Å². The summed E-state index contributed by atoms with van der Waals surface area (Å²) < 4.78 is 6.58. The Morgan fingerprint density at radius 1 is 1.22 bits per heavy atom. The molecule has 0 saturated carbocycles. The summed E-state index contributed by atoms with van der Waals surface area (Å²) in [6.07, 6.45) is 4.62. The summed E-state index contributed by atoms with van der Waals surface area (Å²) in [7, 11) is 0. The lowest BCUT2D eigenvalue weighted by atomic mass is 10.2. The number of amides is 2. The van der Waals surface area contributed by atoms with Crippen molar-refractivity contribution in [2.45, 2.75) is 6.54 Å². The summed E-state index contributed by atoms with van der Waals surface area (Å²) in [6, 6.07) is 12.7. The summed E-state index contributed by atoms with van der Waals surface area (Å²) >= 11 is 0. The Morgan fingerprint density at radius 3 is 2.85 bits per heavy atom. The highest BCUT2D eigenvalue weighted by atomic mass is 16.6. The molecule has 3 aromatic rings. The molecule has 8 nitrogen and oxygen atoms in total. The van der Waals surface area contributed by atoms with E-state index in [1.165, 1.54) is 6.20 Å². The molecule has 8 heteroatoms. The van der Waals surface area contributed by atoms with E-state index < -0.39 is 0 Å². The fourth-order valence-corrected chi connectivity index (χ4v) is 2.81. The molecule has 1 N–H and O–H groups in total. The Hall–Kier alpha value is -3.68. The normalized spacial score (nSPS) is 13.5. The van der Waals surface area contributed by atoms with E-state index in [-0.39, 0.29) is 12.0 Å². The molecule has 0 atom stereocenters. The van der Waals surface area contributed by atoms with Crippen LogP contribution in [0.2, 0.25) is 0 Å². The fraction of sp³-hybridized carbons (Fsp3) is 0.158. The Bertz CT molecular complexity index is 954. The average molecular weight is 363 g/mol. The fourth-order valence-electron chi connectivity index (χ4n) is 2.81. The lowest BCUT2D eigenvalue weighted by molar-refractivity contribution is 0.0950. The van der Waals surface area contributed by atoms with Gasteiger partial charge in [0.25, 0.3) is 5.91 Å². The van der Waals surface area contributed by atoms with E-state index in [0.29, 0.717) is 31.1 Å². The Kier molecular flexibility index (Phi) is 4.52. The van der Waals surface area contributed by atoms with Gasteiger partial charge in [0.2, 0.25) is 0 Å². The van der Waals surface area contributed by atoms with Crippen molar-refractivity contribution in [2.75, 3.05) is 18.1 Å².